The number of carbonyl (C=O) groups is 2. The molecule has 3 N–H and O–H groups in total. The van der Waals surface area contributed by atoms with Crippen molar-refractivity contribution in [2.24, 2.45) is 5.73 Å². The zero-order valence-electron chi connectivity index (χ0n) is 11.0. The Kier molecular flexibility index (Phi) is 4.16. The van der Waals surface area contributed by atoms with Crippen molar-refractivity contribution in [1.29, 1.82) is 0 Å². The maximum Gasteiger partial charge on any atom is 0.271 e. The summed E-state index contributed by atoms with van der Waals surface area (Å²) in [5.41, 5.74) is 5.79. The van der Waals surface area contributed by atoms with Gasteiger partial charge in [0.1, 0.15) is 16.7 Å². The van der Waals surface area contributed by atoms with Gasteiger partial charge in [0.25, 0.3) is 5.91 Å². The van der Waals surface area contributed by atoms with Crippen molar-refractivity contribution in [3.63, 3.8) is 0 Å². The van der Waals surface area contributed by atoms with Crippen LogP contribution in [-0.2, 0) is 11.3 Å². The third-order valence-corrected chi connectivity index (χ3v) is 4.00. The number of amides is 2. The molecule has 2 rings (SSSR count). The SMILES string of the molecule is CC(C)N1CCC(NC(=O)c2csc(CN)n2)C1=O. The van der Waals surface area contributed by atoms with E-state index in [-0.39, 0.29) is 17.9 Å². The van der Waals surface area contributed by atoms with E-state index in [1.165, 1.54) is 11.3 Å². The number of hydrogen-bond acceptors (Lipinski definition) is 5. The van der Waals surface area contributed by atoms with Gasteiger partial charge in [0.2, 0.25) is 5.91 Å². The maximum atomic E-state index is 12.0. The van der Waals surface area contributed by atoms with Crippen LogP contribution in [0, 0.1) is 0 Å². The Morgan fingerprint density at radius 2 is 2.42 bits per heavy atom. The molecule has 1 unspecified atom stereocenters. The van der Waals surface area contributed by atoms with Gasteiger partial charge in [-0.2, -0.15) is 0 Å². The highest BCUT2D eigenvalue weighted by molar-refractivity contribution is 7.09. The first-order chi connectivity index (χ1) is 9.02. The molecule has 104 valence electrons. The molecule has 1 aliphatic rings. The molecule has 1 aromatic rings. The molecule has 2 heterocycles. The zero-order chi connectivity index (χ0) is 14.0. The van der Waals surface area contributed by atoms with E-state index in [0.29, 0.717) is 30.2 Å². The van der Waals surface area contributed by atoms with Gasteiger partial charge in [0.15, 0.2) is 0 Å². The molecular formula is C12H18N4O2S. The molecule has 1 aromatic heterocycles. The van der Waals surface area contributed by atoms with E-state index in [0.717, 1.165) is 0 Å². The fraction of sp³-hybridized carbons (Fsp3) is 0.583. The summed E-state index contributed by atoms with van der Waals surface area (Å²) in [5, 5.41) is 5.12. The molecule has 1 fully saturated rings. The van der Waals surface area contributed by atoms with Crippen molar-refractivity contribution in [3.8, 4) is 0 Å². The Bertz CT molecular complexity index is 486. The number of aromatic nitrogens is 1. The van der Waals surface area contributed by atoms with Crippen molar-refractivity contribution < 1.29 is 9.59 Å². The van der Waals surface area contributed by atoms with E-state index >= 15 is 0 Å². The van der Waals surface area contributed by atoms with E-state index in [4.69, 9.17) is 5.73 Å². The Hall–Kier alpha value is -1.47. The van der Waals surface area contributed by atoms with Gasteiger partial charge in [-0.3, -0.25) is 9.59 Å². The van der Waals surface area contributed by atoms with Gasteiger partial charge in [0.05, 0.1) is 0 Å². The van der Waals surface area contributed by atoms with Gasteiger partial charge in [-0.15, -0.1) is 11.3 Å². The van der Waals surface area contributed by atoms with Crippen LogP contribution < -0.4 is 11.1 Å². The molecule has 0 spiro atoms. The molecule has 0 saturated carbocycles. The molecule has 0 aliphatic carbocycles. The largest absolute Gasteiger partial charge is 0.339 e. The van der Waals surface area contributed by atoms with Crippen LogP contribution in [-0.4, -0.2) is 40.3 Å². The minimum absolute atomic E-state index is 0.0161. The molecule has 0 aromatic carbocycles. The lowest BCUT2D eigenvalue weighted by atomic mass is 10.2. The highest BCUT2D eigenvalue weighted by Gasteiger charge is 2.34. The van der Waals surface area contributed by atoms with Crippen molar-refractivity contribution >= 4 is 23.2 Å². The zero-order valence-corrected chi connectivity index (χ0v) is 11.9. The van der Waals surface area contributed by atoms with Gasteiger partial charge in [-0.25, -0.2) is 4.98 Å². The van der Waals surface area contributed by atoms with Crippen LogP contribution >= 0.6 is 11.3 Å². The quantitative estimate of drug-likeness (QED) is 0.833. The molecule has 0 bridgehead atoms. The molecule has 19 heavy (non-hydrogen) atoms. The summed E-state index contributed by atoms with van der Waals surface area (Å²) in [5.74, 6) is -0.322. The molecule has 2 amide bonds. The number of rotatable bonds is 4. The first-order valence-corrected chi connectivity index (χ1v) is 7.16. The second kappa shape index (κ2) is 5.66. The van der Waals surface area contributed by atoms with Crippen LogP contribution in [0.3, 0.4) is 0 Å². The first kappa shape index (κ1) is 14.0. The van der Waals surface area contributed by atoms with E-state index in [2.05, 4.69) is 10.3 Å². The topological polar surface area (TPSA) is 88.3 Å². The molecule has 6 nitrogen and oxygen atoms in total. The summed E-state index contributed by atoms with van der Waals surface area (Å²) in [6, 6.07) is -0.268. The van der Waals surface area contributed by atoms with Crippen LogP contribution in [0.2, 0.25) is 0 Å². The average molecular weight is 282 g/mol. The summed E-state index contributed by atoms with van der Waals surface area (Å²) in [6.45, 7) is 4.94. The Balaban J connectivity index is 1.98. The van der Waals surface area contributed by atoms with E-state index < -0.39 is 6.04 Å². The molecular weight excluding hydrogens is 264 g/mol. The molecule has 1 atom stereocenters. The van der Waals surface area contributed by atoms with Crippen molar-refractivity contribution in [3.05, 3.63) is 16.1 Å². The number of nitrogens with zero attached hydrogens (tertiary/aromatic N) is 2. The fourth-order valence-corrected chi connectivity index (χ4v) is 2.74. The lowest BCUT2D eigenvalue weighted by molar-refractivity contribution is -0.130. The number of nitrogens with two attached hydrogens (primary N) is 1. The van der Waals surface area contributed by atoms with Crippen molar-refractivity contribution in [2.75, 3.05) is 6.54 Å². The molecule has 1 aliphatic heterocycles. The summed E-state index contributed by atoms with van der Waals surface area (Å²) in [6.07, 6.45) is 0.649. The monoisotopic (exact) mass is 282 g/mol. The molecule has 1 saturated heterocycles. The van der Waals surface area contributed by atoms with Gasteiger partial charge in [-0.05, 0) is 20.3 Å². The van der Waals surface area contributed by atoms with Crippen LogP contribution in [0.5, 0.6) is 0 Å². The summed E-state index contributed by atoms with van der Waals surface area (Å²) in [7, 11) is 0. The Labute approximate surface area is 116 Å². The first-order valence-electron chi connectivity index (χ1n) is 6.28. The Morgan fingerprint density at radius 1 is 1.68 bits per heavy atom. The highest BCUT2D eigenvalue weighted by atomic mass is 32.1. The maximum absolute atomic E-state index is 12.0. The lowest BCUT2D eigenvalue weighted by Gasteiger charge is -2.20. The standard InChI is InChI=1S/C12H18N4O2S/c1-7(2)16-4-3-8(12(16)18)15-11(17)9-6-19-10(5-13)14-9/h6-8H,3-5,13H2,1-2H3,(H,15,17). The van der Waals surface area contributed by atoms with E-state index in [9.17, 15) is 9.59 Å². The van der Waals surface area contributed by atoms with Gasteiger partial charge < -0.3 is 16.0 Å². The predicted molar refractivity (Wildman–Crippen MR) is 72.7 cm³/mol. The Morgan fingerprint density at radius 3 is 2.95 bits per heavy atom. The van der Waals surface area contributed by atoms with Gasteiger partial charge >= 0.3 is 0 Å². The number of carbonyl (C=O) groups excluding carboxylic acids is 2. The van der Waals surface area contributed by atoms with Crippen LogP contribution in [0.15, 0.2) is 5.38 Å². The van der Waals surface area contributed by atoms with Gasteiger partial charge in [0, 0.05) is 24.5 Å². The van der Waals surface area contributed by atoms with Crippen molar-refractivity contribution in [1.82, 2.24) is 15.2 Å². The minimum atomic E-state index is -0.432. The summed E-state index contributed by atoms with van der Waals surface area (Å²) < 4.78 is 0. The fourth-order valence-electron chi connectivity index (χ4n) is 2.09. The summed E-state index contributed by atoms with van der Waals surface area (Å²) in [4.78, 5) is 29.9. The third kappa shape index (κ3) is 2.93. The number of nitrogens with one attached hydrogen (secondary N) is 1. The van der Waals surface area contributed by atoms with Crippen LogP contribution in [0.1, 0.15) is 35.8 Å². The van der Waals surface area contributed by atoms with Crippen molar-refractivity contribution in [2.45, 2.75) is 38.9 Å². The molecule has 7 heteroatoms. The lowest BCUT2D eigenvalue weighted by Crippen LogP contribution is -2.43. The smallest absolute Gasteiger partial charge is 0.271 e. The minimum Gasteiger partial charge on any atom is -0.339 e. The average Bonchev–Trinajstić information content (AvgIpc) is 2.97. The number of thiazole rings is 1. The number of hydrogen-bond donors (Lipinski definition) is 2. The predicted octanol–water partition coefficient (Wildman–Crippen LogP) is 0.341. The molecule has 0 radical (unpaired) electrons. The summed E-state index contributed by atoms with van der Waals surface area (Å²) >= 11 is 1.35. The van der Waals surface area contributed by atoms with Gasteiger partial charge in [-0.1, -0.05) is 0 Å². The highest BCUT2D eigenvalue weighted by Crippen LogP contribution is 2.15. The normalized spacial score (nSPS) is 19.3. The van der Waals surface area contributed by atoms with E-state index in [1.54, 1.807) is 10.3 Å². The third-order valence-electron chi connectivity index (χ3n) is 3.13. The second-order valence-corrected chi connectivity index (χ2v) is 5.71. The number of likely N-dealkylation sites (tertiary alicyclic amines) is 1. The van der Waals surface area contributed by atoms with Crippen LogP contribution in [0.25, 0.3) is 0 Å². The second-order valence-electron chi connectivity index (χ2n) is 4.77. The van der Waals surface area contributed by atoms with E-state index in [1.807, 2.05) is 13.8 Å². The van der Waals surface area contributed by atoms with Crippen LogP contribution in [0.4, 0.5) is 0 Å².